The molecule has 0 unspecified atom stereocenters. The Morgan fingerprint density at radius 2 is 2.09 bits per heavy atom. The van der Waals surface area contributed by atoms with Crippen molar-refractivity contribution in [3.63, 3.8) is 0 Å². The van der Waals surface area contributed by atoms with Crippen molar-refractivity contribution in [1.29, 1.82) is 0 Å². The number of pyridine rings is 2. The Labute approximate surface area is 189 Å². The van der Waals surface area contributed by atoms with Crippen LogP contribution in [0.25, 0.3) is 33.3 Å². The maximum Gasteiger partial charge on any atom is 0.229 e. The lowest BCUT2D eigenvalue weighted by Gasteiger charge is -2.10. The van der Waals surface area contributed by atoms with Gasteiger partial charge in [0.05, 0.1) is 12.2 Å². The van der Waals surface area contributed by atoms with Gasteiger partial charge in [-0.25, -0.2) is 15.0 Å². The highest BCUT2D eigenvalue weighted by Gasteiger charge is 2.30. The first-order valence-electron chi connectivity index (χ1n) is 10.5. The fourth-order valence-electron chi connectivity index (χ4n) is 3.50. The van der Waals surface area contributed by atoms with Gasteiger partial charge in [-0.05, 0) is 37.3 Å². The predicted molar refractivity (Wildman–Crippen MR) is 127 cm³/mol. The van der Waals surface area contributed by atoms with Crippen molar-refractivity contribution in [3.05, 3.63) is 36.7 Å². The van der Waals surface area contributed by atoms with Gasteiger partial charge in [-0.15, -0.1) is 0 Å². The number of ether oxygens (including phenoxy) is 1. The number of aromatic nitrogens is 3. The number of oxazole rings is 1. The molecular formula is C23H23N5O3S. The highest BCUT2D eigenvalue weighted by atomic mass is 32.2. The summed E-state index contributed by atoms with van der Waals surface area (Å²) in [5, 5.41) is 7.66. The molecule has 164 valence electrons. The molecule has 9 heteroatoms. The van der Waals surface area contributed by atoms with Gasteiger partial charge in [-0.1, -0.05) is 0 Å². The Morgan fingerprint density at radius 1 is 1.22 bits per heavy atom. The fraction of sp³-hybridized carbons (Fsp3) is 0.304. The number of nitrogens with one attached hydrogen (secondary N) is 2. The summed E-state index contributed by atoms with van der Waals surface area (Å²) < 4.78 is 11.8. The minimum atomic E-state index is 0.0113. The van der Waals surface area contributed by atoms with Crippen LogP contribution in [-0.2, 0) is 4.79 Å². The van der Waals surface area contributed by atoms with Crippen LogP contribution in [0.1, 0.15) is 12.8 Å². The predicted octanol–water partition coefficient (Wildman–Crippen LogP) is 4.57. The van der Waals surface area contributed by atoms with Crippen molar-refractivity contribution in [2.45, 2.75) is 12.8 Å². The van der Waals surface area contributed by atoms with Crippen molar-refractivity contribution in [1.82, 2.24) is 15.0 Å². The number of thioether (sulfide) groups is 1. The average Bonchev–Trinajstić information content (AvgIpc) is 3.58. The highest BCUT2D eigenvalue weighted by molar-refractivity contribution is 7.98. The van der Waals surface area contributed by atoms with Crippen LogP contribution in [0, 0.1) is 5.92 Å². The van der Waals surface area contributed by atoms with Crippen molar-refractivity contribution in [2.24, 2.45) is 5.92 Å². The Kier molecular flexibility index (Phi) is 5.57. The Morgan fingerprint density at radius 3 is 2.88 bits per heavy atom. The summed E-state index contributed by atoms with van der Waals surface area (Å²) in [6.07, 6.45) is 7.35. The largest absolute Gasteiger partial charge is 0.493 e. The SMILES string of the molecule is CNc1ncc(-c2nc3cc(OCCSC)ccc3o2)c2cc(NC(=O)C3CC3)ncc12. The molecule has 0 bridgehead atoms. The lowest BCUT2D eigenvalue weighted by atomic mass is 10.1. The molecule has 0 spiro atoms. The van der Waals surface area contributed by atoms with E-state index in [0.29, 0.717) is 35.2 Å². The number of carbonyl (C=O) groups is 1. The third-order valence-corrected chi connectivity index (χ3v) is 5.93. The monoisotopic (exact) mass is 449 g/mol. The van der Waals surface area contributed by atoms with Gasteiger partial charge in [0, 0.05) is 48.0 Å². The van der Waals surface area contributed by atoms with E-state index < -0.39 is 0 Å². The lowest BCUT2D eigenvalue weighted by Crippen LogP contribution is -2.14. The Bertz CT molecular complexity index is 1300. The molecule has 1 aromatic carbocycles. The van der Waals surface area contributed by atoms with Crippen LogP contribution in [-0.4, -0.2) is 46.5 Å². The van der Waals surface area contributed by atoms with Crippen LogP contribution in [0.5, 0.6) is 5.75 Å². The molecule has 0 aliphatic heterocycles. The number of fused-ring (bicyclic) bond motifs is 2. The van der Waals surface area contributed by atoms with E-state index in [1.807, 2.05) is 37.6 Å². The molecule has 1 fully saturated rings. The van der Waals surface area contributed by atoms with Gasteiger partial charge in [0.25, 0.3) is 0 Å². The molecule has 3 heterocycles. The van der Waals surface area contributed by atoms with Crippen LogP contribution in [0.3, 0.4) is 0 Å². The standard InChI is InChI=1S/C23H23N5O3S/c1-24-21-16-11-25-20(28-22(29)13-3-4-13)10-15(16)17(12-26-21)23-27-18-9-14(30-7-8-32-2)5-6-19(18)31-23/h5-6,9-13H,3-4,7-8H2,1-2H3,(H,24,26)(H,25,28,29). The van der Waals surface area contributed by atoms with Crippen molar-refractivity contribution in [2.75, 3.05) is 36.3 Å². The number of carbonyl (C=O) groups excluding carboxylic acids is 1. The summed E-state index contributed by atoms with van der Waals surface area (Å²) in [5.74, 6) is 3.44. The van der Waals surface area contributed by atoms with E-state index in [2.05, 4.69) is 25.6 Å². The maximum absolute atomic E-state index is 12.2. The molecule has 0 atom stereocenters. The van der Waals surface area contributed by atoms with E-state index in [1.165, 1.54) is 0 Å². The number of benzene rings is 1. The molecule has 0 saturated heterocycles. The van der Waals surface area contributed by atoms with Gasteiger partial charge >= 0.3 is 0 Å². The van der Waals surface area contributed by atoms with Crippen LogP contribution in [0.2, 0.25) is 0 Å². The van der Waals surface area contributed by atoms with Gasteiger partial charge in [-0.3, -0.25) is 4.79 Å². The second kappa shape index (κ2) is 8.66. The van der Waals surface area contributed by atoms with Gasteiger partial charge in [-0.2, -0.15) is 11.8 Å². The summed E-state index contributed by atoms with van der Waals surface area (Å²) in [4.78, 5) is 25.8. The summed E-state index contributed by atoms with van der Waals surface area (Å²) in [6.45, 7) is 0.639. The quantitative estimate of drug-likeness (QED) is 0.377. The molecule has 4 aromatic rings. The molecular weight excluding hydrogens is 426 g/mol. The summed E-state index contributed by atoms with van der Waals surface area (Å²) in [7, 11) is 1.81. The van der Waals surface area contributed by atoms with Crippen LogP contribution >= 0.6 is 11.8 Å². The maximum atomic E-state index is 12.2. The van der Waals surface area contributed by atoms with E-state index in [4.69, 9.17) is 9.15 Å². The Balaban J connectivity index is 1.54. The second-order valence-electron chi connectivity index (χ2n) is 7.64. The first-order valence-corrected chi connectivity index (χ1v) is 11.9. The molecule has 1 aliphatic rings. The molecule has 8 nitrogen and oxygen atoms in total. The van der Waals surface area contributed by atoms with Crippen molar-refractivity contribution < 1.29 is 13.9 Å². The van der Waals surface area contributed by atoms with Gasteiger partial charge in [0.2, 0.25) is 11.8 Å². The normalized spacial score (nSPS) is 13.4. The number of hydrogen-bond donors (Lipinski definition) is 2. The topological polar surface area (TPSA) is 102 Å². The third kappa shape index (κ3) is 4.08. The third-order valence-electron chi connectivity index (χ3n) is 5.35. The Hall–Kier alpha value is -3.33. The van der Waals surface area contributed by atoms with Crippen molar-refractivity contribution >= 4 is 51.2 Å². The number of anilines is 2. The summed E-state index contributed by atoms with van der Waals surface area (Å²) in [5.41, 5.74) is 2.10. The van der Waals surface area contributed by atoms with Crippen LogP contribution in [0.15, 0.2) is 41.1 Å². The molecule has 1 aliphatic carbocycles. The molecule has 32 heavy (non-hydrogen) atoms. The summed E-state index contributed by atoms with van der Waals surface area (Å²) in [6, 6.07) is 7.47. The summed E-state index contributed by atoms with van der Waals surface area (Å²) >= 11 is 1.74. The van der Waals surface area contributed by atoms with E-state index in [9.17, 15) is 4.79 Å². The van der Waals surface area contributed by atoms with Gasteiger partial charge in [0.15, 0.2) is 5.58 Å². The van der Waals surface area contributed by atoms with E-state index in [1.54, 1.807) is 24.2 Å². The van der Waals surface area contributed by atoms with Gasteiger partial charge < -0.3 is 19.8 Å². The highest BCUT2D eigenvalue weighted by Crippen LogP contribution is 2.35. The number of amides is 1. The molecule has 3 aromatic heterocycles. The lowest BCUT2D eigenvalue weighted by molar-refractivity contribution is -0.117. The zero-order valence-corrected chi connectivity index (χ0v) is 18.7. The van der Waals surface area contributed by atoms with E-state index >= 15 is 0 Å². The van der Waals surface area contributed by atoms with Crippen LogP contribution in [0.4, 0.5) is 11.6 Å². The number of rotatable bonds is 8. The smallest absolute Gasteiger partial charge is 0.229 e. The molecule has 2 N–H and O–H groups in total. The number of nitrogens with zero attached hydrogens (tertiary/aromatic N) is 3. The first kappa shape index (κ1) is 20.6. The second-order valence-corrected chi connectivity index (χ2v) is 8.62. The zero-order chi connectivity index (χ0) is 22.1. The van der Waals surface area contributed by atoms with Crippen LogP contribution < -0.4 is 15.4 Å². The minimum Gasteiger partial charge on any atom is -0.493 e. The van der Waals surface area contributed by atoms with E-state index in [-0.39, 0.29) is 11.8 Å². The van der Waals surface area contributed by atoms with Crippen molar-refractivity contribution in [3.8, 4) is 17.2 Å². The molecule has 1 saturated carbocycles. The first-order chi connectivity index (χ1) is 15.7. The van der Waals surface area contributed by atoms with Gasteiger partial charge in [0.1, 0.15) is 22.9 Å². The minimum absolute atomic E-state index is 0.0113. The number of hydrogen-bond acceptors (Lipinski definition) is 8. The fourth-order valence-corrected chi connectivity index (χ4v) is 3.75. The zero-order valence-electron chi connectivity index (χ0n) is 17.8. The average molecular weight is 450 g/mol. The molecule has 0 radical (unpaired) electrons. The molecule has 5 rings (SSSR count). The van der Waals surface area contributed by atoms with E-state index in [0.717, 1.165) is 40.7 Å². The molecule has 1 amide bonds.